The Bertz CT molecular complexity index is 1000. The van der Waals surface area contributed by atoms with Crippen molar-refractivity contribution in [1.82, 2.24) is 15.0 Å². The van der Waals surface area contributed by atoms with Gasteiger partial charge in [0.2, 0.25) is 5.91 Å². The molecular weight excluding hydrogens is 376 g/mol. The van der Waals surface area contributed by atoms with Crippen LogP contribution in [-0.2, 0) is 4.79 Å². The van der Waals surface area contributed by atoms with Crippen LogP contribution in [0.25, 0.3) is 11.0 Å². The average Bonchev–Trinajstić information content (AvgIpc) is 3.26. The van der Waals surface area contributed by atoms with E-state index in [1.54, 1.807) is 6.33 Å². The second-order valence-corrected chi connectivity index (χ2v) is 8.26. The molecule has 0 saturated carbocycles. The molecule has 1 aromatic carbocycles. The smallest absolute Gasteiger partial charge is 0.243 e. The van der Waals surface area contributed by atoms with Crippen molar-refractivity contribution >= 4 is 28.4 Å². The van der Waals surface area contributed by atoms with Crippen molar-refractivity contribution in [2.45, 2.75) is 38.6 Å². The zero-order valence-corrected chi connectivity index (χ0v) is 17.6. The van der Waals surface area contributed by atoms with Crippen molar-refractivity contribution in [3.8, 4) is 0 Å². The first kappa shape index (κ1) is 20.2. The van der Waals surface area contributed by atoms with E-state index in [2.05, 4.69) is 39.0 Å². The number of hydrogen-bond acceptors (Lipinski definition) is 5. The molecule has 7 nitrogen and oxygen atoms in total. The number of H-pyrrole nitrogens is 1. The summed E-state index contributed by atoms with van der Waals surface area (Å²) in [6, 6.07) is 11.9. The van der Waals surface area contributed by atoms with E-state index in [0.29, 0.717) is 6.54 Å². The van der Waals surface area contributed by atoms with E-state index in [1.807, 2.05) is 42.6 Å². The lowest BCUT2D eigenvalue weighted by Gasteiger charge is -2.48. The predicted octanol–water partition coefficient (Wildman–Crippen LogP) is 3.56. The molecule has 3 atom stereocenters. The molecule has 1 aliphatic rings. The first-order valence-corrected chi connectivity index (χ1v) is 10.7. The Balaban J connectivity index is 1.71. The number of amides is 1. The van der Waals surface area contributed by atoms with Gasteiger partial charge >= 0.3 is 0 Å². The number of hydrogen-bond donors (Lipinski definition) is 3. The number of aromatic nitrogens is 3. The molecule has 0 aliphatic carbocycles. The molecule has 0 radical (unpaired) electrons. The molecule has 3 heterocycles. The Morgan fingerprint density at radius 1 is 1.33 bits per heavy atom. The van der Waals surface area contributed by atoms with Gasteiger partial charge in [0.05, 0.1) is 5.39 Å². The summed E-state index contributed by atoms with van der Waals surface area (Å²) in [7, 11) is 0. The lowest BCUT2D eigenvalue weighted by Crippen LogP contribution is -2.63. The number of carbonyl (C=O) groups excluding carboxylic acids is 1. The van der Waals surface area contributed by atoms with Crippen molar-refractivity contribution in [2.75, 3.05) is 23.3 Å². The number of nitrogens with two attached hydrogens (primary N) is 1. The van der Waals surface area contributed by atoms with Gasteiger partial charge in [0.1, 0.15) is 23.3 Å². The summed E-state index contributed by atoms with van der Waals surface area (Å²) in [5.41, 5.74) is 7.05. The average molecular weight is 407 g/mol. The maximum absolute atomic E-state index is 13.1. The van der Waals surface area contributed by atoms with Crippen molar-refractivity contribution in [1.29, 1.82) is 0 Å². The number of piperidine rings is 1. The maximum atomic E-state index is 13.1. The molecule has 1 saturated heterocycles. The monoisotopic (exact) mass is 406 g/mol. The Morgan fingerprint density at radius 3 is 2.87 bits per heavy atom. The standard InChI is InChI=1S/C23H30N6O/c1-3-16(2)23(22(24)30,28-18-9-5-4-6-10-18)17-8-7-13-29(14-17)21-19-11-12-25-20(19)26-15-27-21/h4-6,9-12,15-17,28H,3,7-8,13-14H2,1-2H3,(H2,24,30)(H,25,26,27)/t16?,17-,23?/m1/s1. The summed E-state index contributed by atoms with van der Waals surface area (Å²) in [6.45, 7) is 5.84. The van der Waals surface area contributed by atoms with Gasteiger partial charge in [-0.15, -0.1) is 0 Å². The molecule has 0 bridgehead atoms. The summed E-state index contributed by atoms with van der Waals surface area (Å²) < 4.78 is 0. The van der Waals surface area contributed by atoms with E-state index in [0.717, 1.165) is 48.3 Å². The molecule has 30 heavy (non-hydrogen) atoms. The fourth-order valence-electron chi connectivity index (χ4n) is 4.87. The summed E-state index contributed by atoms with van der Waals surface area (Å²) in [6.07, 6.45) is 6.24. The minimum atomic E-state index is -0.834. The Hall–Kier alpha value is -3.09. The highest BCUT2D eigenvalue weighted by atomic mass is 16.1. The van der Waals surface area contributed by atoms with Crippen molar-refractivity contribution in [3.63, 3.8) is 0 Å². The quantitative estimate of drug-likeness (QED) is 0.557. The SMILES string of the molecule is CCC(C)C(Nc1ccccc1)(C(N)=O)[C@@H]1CCCN(c2ncnc3[nH]ccc23)C1. The van der Waals surface area contributed by atoms with Crippen molar-refractivity contribution in [3.05, 3.63) is 48.9 Å². The lowest BCUT2D eigenvalue weighted by atomic mass is 9.69. The van der Waals surface area contributed by atoms with Crippen LogP contribution in [0.5, 0.6) is 0 Å². The fraction of sp³-hybridized carbons (Fsp3) is 0.435. The molecular formula is C23H30N6O. The number of carbonyl (C=O) groups is 1. The highest BCUT2D eigenvalue weighted by Gasteiger charge is 2.49. The van der Waals surface area contributed by atoms with Crippen molar-refractivity contribution < 1.29 is 4.79 Å². The number of aromatic amines is 1. The maximum Gasteiger partial charge on any atom is 0.243 e. The van der Waals surface area contributed by atoms with Crippen LogP contribution in [0, 0.1) is 11.8 Å². The molecule has 4 rings (SSSR count). The minimum absolute atomic E-state index is 0.0582. The van der Waals surface area contributed by atoms with E-state index in [4.69, 9.17) is 5.73 Å². The zero-order chi connectivity index (χ0) is 21.1. The van der Waals surface area contributed by atoms with Crippen LogP contribution >= 0.6 is 0 Å². The number of nitrogens with zero attached hydrogens (tertiary/aromatic N) is 3. The first-order chi connectivity index (χ1) is 14.6. The second-order valence-electron chi connectivity index (χ2n) is 8.26. The van der Waals surface area contributed by atoms with E-state index in [9.17, 15) is 4.79 Å². The number of nitrogens with one attached hydrogen (secondary N) is 2. The summed E-state index contributed by atoms with van der Waals surface area (Å²) in [4.78, 5) is 27.4. The van der Waals surface area contributed by atoms with Crippen LogP contribution < -0.4 is 16.0 Å². The molecule has 2 aromatic heterocycles. The van der Waals surface area contributed by atoms with Crippen LogP contribution in [0.1, 0.15) is 33.1 Å². The summed E-state index contributed by atoms with van der Waals surface area (Å²) in [5, 5.41) is 4.58. The van der Waals surface area contributed by atoms with Crippen LogP contribution in [0.3, 0.4) is 0 Å². The summed E-state index contributed by atoms with van der Waals surface area (Å²) >= 11 is 0. The van der Waals surface area contributed by atoms with E-state index in [-0.39, 0.29) is 17.7 Å². The third kappa shape index (κ3) is 3.49. The molecule has 1 aliphatic heterocycles. The molecule has 1 fully saturated rings. The first-order valence-electron chi connectivity index (χ1n) is 10.7. The van der Waals surface area contributed by atoms with Crippen molar-refractivity contribution in [2.24, 2.45) is 17.6 Å². The van der Waals surface area contributed by atoms with Crippen LogP contribution in [0.2, 0.25) is 0 Å². The van der Waals surface area contributed by atoms with E-state index in [1.165, 1.54) is 0 Å². The molecule has 1 amide bonds. The largest absolute Gasteiger partial charge is 0.371 e. The molecule has 158 valence electrons. The number of benzene rings is 1. The number of para-hydroxylation sites is 1. The Labute approximate surface area is 177 Å². The molecule has 3 aromatic rings. The van der Waals surface area contributed by atoms with Gasteiger partial charge in [-0.1, -0.05) is 38.5 Å². The number of fused-ring (bicyclic) bond motifs is 1. The number of anilines is 2. The minimum Gasteiger partial charge on any atom is -0.371 e. The van der Waals surface area contributed by atoms with Gasteiger partial charge < -0.3 is 20.9 Å². The molecule has 4 N–H and O–H groups in total. The van der Waals surface area contributed by atoms with E-state index < -0.39 is 5.54 Å². The zero-order valence-electron chi connectivity index (χ0n) is 17.6. The summed E-state index contributed by atoms with van der Waals surface area (Å²) in [5.74, 6) is 0.760. The normalized spacial score (nSPS) is 19.9. The van der Waals surface area contributed by atoms with Gasteiger partial charge in [-0.2, -0.15) is 0 Å². The fourth-order valence-corrected chi connectivity index (χ4v) is 4.87. The highest BCUT2D eigenvalue weighted by Crippen LogP contribution is 2.39. The topological polar surface area (TPSA) is 99.9 Å². The van der Waals surface area contributed by atoms with Gasteiger partial charge in [-0.05, 0) is 37.0 Å². The number of primary amides is 1. The Morgan fingerprint density at radius 2 is 2.13 bits per heavy atom. The molecule has 0 spiro atoms. The molecule has 2 unspecified atom stereocenters. The third-order valence-corrected chi connectivity index (χ3v) is 6.62. The number of rotatable bonds is 7. The van der Waals surface area contributed by atoms with Crippen LogP contribution in [0.15, 0.2) is 48.9 Å². The van der Waals surface area contributed by atoms with Crippen LogP contribution in [-0.4, -0.2) is 39.5 Å². The van der Waals surface area contributed by atoms with Gasteiger partial charge in [0.25, 0.3) is 0 Å². The van der Waals surface area contributed by atoms with Gasteiger partial charge in [-0.25, -0.2) is 9.97 Å². The van der Waals surface area contributed by atoms with Gasteiger partial charge in [-0.3, -0.25) is 4.79 Å². The van der Waals surface area contributed by atoms with Gasteiger partial charge in [0, 0.05) is 30.9 Å². The van der Waals surface area contributed by atoms with Crippen LogP contribution in [0.4, 0.5) is 11.5 Å². The lowest BCUT2D eigenvalue weighted by molar-refractivity contribution is -0.126. The highest BCUT2D eigenvalue weighted by molar-refractivity contribution is 5.90. The third-order valence-electron chi connectivity index (χ3n) is 6.62. The molecule has 7 heteroatoms. The predicted molar refractivity (Wildman–Crippen MR) is 120 cm³/mol. The Kier molecular flexibility index (Phi) is 5.61. The van der Waals surface area contributed by atoms with Gasteiger partial charge in [0.15, 0.2) is 0 Å². The van der Waals surface area contributed by atoms with E-state index >= 15 is 0 Å². The second kappa shape index (κ2) is 8.34.